The summed E-state index contributed by atoms with van der Waals surface area (Å²) in [6, 6.07) is 5.57. The zero-order valence-corrected chi connectivity index (χ0v) is 19.3. The van der Waals surface area contributed by atoms with Crippen molar-refractivity contribution < 1.29 is 50.9 Å². The third kappa shape index (κ3) is 7.65. The number of aromatic amines is 1. The minimum atomic E-state index is -5.08. The van der Waals surface area contributed by atoms with Gasteiger partial charge >= 0.3 is 24.3 Å². The van der Waals surface area contributed by atoms with E-state index < -0.39 is 24.3 Å². The highest BCUT2D eigenvalue weighted by Gasteiger charge is 2.38. The van der Waals surface area contributed by atoms with Gasteiger partial charge in [0.15, 0.2) is 0 Å². The third-order valence-corrected chi connectivity index (χ3v) is 4.44. The molecule has 3 aromatic rings. The lowest BCUT2D eigenvalue weighted by Gasteiger charge is -2.10. The van der Waals surface area contributed by atoms with Crippen LogP contribution in [0.25, 0.3) is 22.5 Å². The number of fused-ring (bicyclic) bond motifs is 5. The van der Waals surface area contributed by atoms with Crippen molar-refractivity contribution >= 4 is 29.4 Å². The van der Waals surface area contributed by atoms with E-state index in [0.29, 0.717) is 5.82 Å². The Balaban J connectivity index is 0.000000301. The Hall–Kier alpha value is -4.70. The van der Waals surface area contributed by atoms with Crippen LogP contribution < -0.4 is 10.6 Å². The van der Waals surface area contributed by atoms with Crippen LogP contribution in [0.4, 0.5) is 37.8 Å². The molecule has 0 spiro atoms. The summed E-state index contributed by atoms with van der Waals surface area (Å²) >= 11 is 0. The molecule has 4 rings (SSSR count). The molecule has 1 atom stereocenters. The highest BCUT2D eigenvalue weighted by Crippen LogP contribution is 2.41. The Morgan fingerprint density at radius 2 is 1.55 bits per heavy atom. The monoisotopic (exact) mass is 548 g/mol. The molecule has 38 heavy (non-hydrogen) atoms. The van der Waals surface area contributed by atoms with Crippen molar-refractivity contribution in [1.29, 1.82) is 0 Å². The zero-order valence-electron chi connectivity index (χ0n) is 19.3. The maximum Gasteiger partial charge on any atom is 0.490 e. The summed E-state index contributed by atoms with van der Waals surface area (Å²) in [5, 5.41) is 20.4. The van der Waals surface area contributed by atoms with Crippen molar-refractivity contribution in [2.24, 2.45) is 0 Å². The van der Waals surface area contributed by atoms with Gasteiger partial charge in [0.2, 0.25) is 5.91 Å². The number of rotatable bonds is 2. The van der Waals surface area contributed by atoms with Gasteiger partial charge in [-0.3, -0.25) is 9.78 Å². The fourth-order valence-corrected chi connectivity index (χ4v) is 2.90. The maximum absolute atomic E-state index is 11.3. The number of nitrogens with one attached hydrogen (secondary N) is 3. The molecule has 1 aliphatic rings. The van der Waals surface area contributed by atoms with Gasteiger partial charge in [-0.2, -0.15) is 26.3 Å². The van der Waals surface area contributed by atoms with E-state index in [4.69, 9.17) is 24.8 Å². The van der Waals surface area contributed by atoms with Crippen LogP contribution in [0.3, 0.4) is 0 Å². The van der Waals surface area contributed by atoms with E-state index in [1.165, 1.54) is 6.92 Å². The number of imidazole rings is 1. The Bertz CT molecular complexity index is 1240. The van der Waals surface area contributed by atoms with E-state index in [-0.39, 0.29) is 11.9 Å². The molecule has 0 bridgehead atoms. The second-order valence-corrected chi connectivity index (χ2v) is 7.32. The third-order valence-electron chi connectivity index (χ3n) is 4.44. The minimum absolute atomic E-state index is 0.0950. The van der Waals surface area contributed by atoms with Crippen LogP contribution in [0.15, 0.2) is 36.8 Å². The summed E-state index contributed by atoms with van der Waals surface area (Å²) in [6.07, 6.45) is -4.92. The van der Waals surface area contributed by atoms with Crippen LogP contribution in [-0.2, 0) is 14.4 Å². The van der Waals surface area contributed by atoms with Gasteiger partial charge in [0, 0.05) is 30.4 Å². The molecule has 0 radical (unpaired) electrons. The summed E-state index contributed by atoms with van der Waals surface area (Å²) in [4.78, 5) is 45.8. The molecule has 3 aromatic heterocycles. The first-order valence-corrected chi connectivity index (χ1v) is 10.2. The van der Waals surface area contributed by atoms with Gasteiger partial charge in [0.25, 0.3) is 0 Å². The van der Waals surface area contributed by atoms with Gasteiger partial charge in [-0.25, -0.2) is 19.6 Å². The number of aromatic nitrogens is 4. The fraction of sp³-hybridized carbons (Fsp3) is 0.238. The number of carboxylic acid groups (broad SMARTS) is 2. The smallest absolute Gasteiger partial charge is 0.475 e. The number of nitrogens with zero attached hydrogens (tertiary/aromatic N) is 3. The quantitative estimate of drug-likeness (QED) is 0.232. The summed E-state index contributed by atoms with van der Waals surface area (Å²) < 4.78 is 63.5. The van der Waals surface area contributed by atoms with Gasteiger partial charge in [0.1, 0.15) is 17.3 Å². The van der Waals surface area contributed by atoms with E-state index in [2.05, 4.69) is 25.6 Å². The summed E-state index contributed by atoms with van der Waals surface area (Å²) in [5.41, 5.74) is 4.42. The Kier molecular flexibility index (Phi) is 8.99. The lowest BCUT2D eigenvalue weighted by molar-refractivity contribution is -0.193. The molecule has 11 nitrogen and oxygen atoms in total. The number of hydrogen-bond acceptors (Lipinski definition) is 7. The SMILES string of the molecule is CC(=O)NC(C)c1nc2c([nH]1)-c1ccncc1Nc1ncccc1-2.O=C(O)C(F)(F)F.O=C(O)C(F)(F)F. The molecule has 0 aromatic carbocycles. The first kappa shape index (κ1) is 29.5. The number of aliphatic carboxylic acids is 2. The average Bonchev–Trinajstić information content (AvgIpc) is 3.19. The van der Waals surface area contributed by atoms with E-state index in [1.807, 2.05) is 25.1 Å². The molecule has 204 valence electrons. The predicted molar refractivity (Wildman–Crippen MR) is 118 cm³/mol. The van der Waals surface area contributed by atoms with Crippen LogP contribution in [0.2, 0.25) is 0 Å². The van der Waals surface area contributed by atoms with Gasteiger partial charge < -0.3 is 25.8 Å². The lowest BCUT2D eigenvalue weighted by atomic mass is 10.1. The number of halogens is 6. The molecule has 1 aliphatic heterocycles. The Morgan fingerprint density at radius 3 is 2.08 bits per heavy atom. The second-order valence-electron chi connectivity index (χ2n) is 7.32. The molecule has 4 heterocycles. The Labute approximate surface area is 209 Å². The summed E-state index contributed by atoms with van der Waals surface area (Å²) in [5.74, 6) is -4.17. The molecular weight excluding hydrogens is 530 g/mol. The highest BCUT2D eigenvalue weighted by molar-refractivity contribution is 5.94. The van der Waals surface area contributed by atoms with Crippen molar-refractivity contribution in [2.75, 3.05) is 5.32 Å². The van der Waals surface area contributed by atoms with Crippen LogP contribution in [-0.4, -0.2) is 60.3 Å². The number of pyridine rings is 2. The molecule has 17 heteroatoms. The van der Waals surface area contributed by atoms with Crippen LogP contribution in [0, 0.1) is 0 Å². The number of amides is 1. The maximum atomic E-state index is 11.3. The predicted octanol–water partition coefficient (Wildman–Crippen LogP) is 4.05. The van der Waals surface area contributed by atoms with E-state index in [9.17, 15) is 31.1 Å². The molecule has 1 amide bonds. The number of carbonyl (C=O) groups is 3. The van der Waals surface area contributed by atoms with Crippen molar-refractivity contribution in [3.63, 3.8) is 0 Å². The molecule has 0 saturated heterocycles. The van der Waals surface area contributed by atoms with Gasteiger partial charge in [0.05, 0.1) is 23.6 Å². The van der Waals surface area contributed by atoms with Gasteiger partial charge in [-0.15, -0.1) is 0 Å². The molecule has 1 unspecified atom stereocenters. The second kappa shape index (κ2) is 11.6. The molecule has 0 aliphatic carbocycles. The van der Waals surface area contributed by atoms with E-state index >= 15 is 0 Å². The van der Waals surface area contributed by atoms with Crippen molar-refractivity contribution in [3.8, 4) is 22.5 Å². The number of hydrogen-bond donors (Lipinski definition) is 5. The molecule has 0 saturated carbocycles. The van der Waals surface area contributed by atoms with Crippen molar-refractivity contribution in [1.82, 2.24) is 25.3 Å². The summed E-state index contributed by atoms with van der Waals surface area (Å²) in [6.45, 7) is 3.39. The van der Waals surface area contributed by atoms with Gasteiger partial charge in [-0.05, 0) is 25.1 Å². The van der Waals surface area contributed by atoms with E-state index in [0.717, 1.165) is 34.0 Å². The Morgan fingerprint density at radius 1 is 0.974 bits per heavy atom. The van der Waals surface area contributed by atoms with Crippen LogP contribution >= 0.6 is 0 Å². The number of alkyl halides is 6. The normalized spacial score (nSPS) is 12.3. The fourth-order valence-electron chi connectivity index (χ4n) is 2.90. The van der Waals surface area contributed by atoms with Gasteiger partial charge in [-0.1, -0.05) is 0 Å². The minimum Gasteiger partial charge on any atom is -0.475 e. The lowest BCUT2D eigenvalue weighted by Crippen LogP contribution is -2.24. The van der Waals surface area contributed by atoms with Crippen molar-refractivity contribution in [2.45, 2.75) is 32.2 Å². The van der Waals surface area contributed by atoms with Crippen LogP contribution in [0.5, 0.6) is 0 Å². The standard InChI is InChI=1S/C17H16N6O.2C2HF3O2/c1-9(20-10(2)24)16-22-14-11-5-7-18-8-13(11)21-17-12(15(14)23-16)4-3-6-19-17;2*3-2(4,5)1(6)7/h3-9H,1-2H3,(H,19,21)(H,20,24)(H,22,23);2*(H,6,7). The number of carboxylic acids is 2. The number of anilines is 2. The zero-order chi connectivity index (χ0) is 28.8. The average molecular weight is 548 g/mol. The van der Waals surface area contributed by atoms with Crippen molar-refractivity contribution in [3.05, 3.63) is 42.6 Å². The molecular formula is C21H18F6N6O5. The number of carbonyl (C=O) groups excluding carboxylic acids is 1. The largest absolute Gasteiger partial charge is 0.490 e. The first-order chi connectivity index (χ1) is 17.5. The molecule has 0 fully saturated rings. The highest BCUT2D eigenvalue weighted by atomic mass is 19.4. The van der Waals surface area contributed by atoms with Crippen LogP contribution in [0.1, 0.15) is 25.7 Å². The summed E-state index contributed by atoms with van der Waals surface area (Å²) in [7, 11) is 0. The first-order valence-electron chi connectivity index (χ1n) is 10.2. The topological polar surface area (TPSA) is 170 Å². The van der Waals surface area contributed by atoms with E-state index in [1.54, 1.807) is 18.6 Å². The number of H-pyrrole nitrogens is 1. The molecule has 5 N–H and O–H groups in total.